The smallest absolute Gasteiger partial charge is 0.244 e. The van der Waals surface area contributed by atoms with Gasteiger partial charge in [0.1, 0.15) is 24.5 Å². The molecule has 1 aromatic carbocycles. The van der Waals surface area contributed by atoms with E-state index in [9.17, 15) is 9.18 Å². The van der Waals surface area contributed by atoms with Gasteiger partial charge in [0, 0.05) is 6.54 Å². The lowest BCUT2D eigenvalue weighted by atomic mass is 10.1. The number of halogens is 1. The molecule has 0 aliphatic carbocycles. The first-order valence-electron chi connectivity index (χ1n) is 5.95. The third-order valence-electron chi connectivity index (χ3n) is 2.90. The Morgan fingerprint density at radius 1 is 1.53 bits per heavy atom. The highest BCUT2D eigenvalue weighted by Gasteiger charge is 2.14. The summed E-state index contributed by atoms with van der Waals surface area (Å²) < 4.78 is 14.6. The predicted octanol–water partition coefficient (Wildman–Crippen LogP) is 1.60. The van der Waals surface area contributed by atoms with Gasteiger partial charge >= 0.3 is 0 Å². The van der Waals surface area contributed by atoms with Gasteiger partial charge in [0.2, 0.25) is 5.91 Å². The fourth-order valence-corrected chi connectivity index (χ4v) is 1.69. The van der Waals surface area contributed by atoms with Crippen molar-refractivity contribution in [1.29, 1.82) is 0 Å². The van der Waals surface area contributed by atoms with Gasteiger partial charge in [-0.15, -0.1) is 0 Å². The van der Waals surface area contributed by atoms with Crippen LogP contribution in [0.3, 0.4) is 0 Å². The third-order valence-corrected chi connectivity index (χ3v) is 2.90. The summed E-state index contributed by atoms with van der Waals surface area (Å²) in [6, 6.07) is 4.35. The molecule has 5 nitrogen and oxygen atoms in total. The molecule has 2 aromatic rings. The number of carbonyl (C=O) groups is 1. The highest BCUT2D eigenvalue weighted by Crippen LogP contribution is 2.09. The molecule has 1 atom stereocenters. The molecule has 19 heavy (non-hydrogen) atoms. The Hall–Kier alpha value is -2.24. The van der Waals surface area contributed by atoms with Crippen LogP contribution in [0.2, 0.25) is 0 Å². The number of amides is 1. The minimum Gasteiger partial charge on any atom is -0.350 e. The zero-order valence-electron chi connectivity index (χ0n) is 10.8. The third kappa shape index (κ3) is 3.15. The molecule has 0 unspecified atom stereocenters. The van der Waals surface area contributed by atoms with Crippen molar-refractivity contribution in [2.24, 2.45) is 0 Å². The largest absolute Gasteiger partial charge is 0.350 e. The van der Waals surface area contributed by atoms with E-state index in [1.807, 2.05) is 0 Å². The molecule has 0 radical (unpaired) electrons. The van der Waals surface area contributed by atoms with E-state index < -0.39 is 6.04 Å². The van der Waals surface area contributed by atoms with Crippen LogP contribution in [0.5, 0.6) is 0 Å². The standard InChI is InChI=1S/C13H15FN4O/c1-9-5-11(3-4-12(9)14)6-16-13(19)10(2)18-8-15-7-17-18/h3-5,7-8,10H,6H2,1-2H3,(H,16,19)/t10-/m1/s1. The highest BCUT2D eigenvalue weighted by molar-refractivity contribution is 5.79. The van der Waals surface area contributed by atoms with Crippen molar-refractivity contribution in [3.63, 3.8) is 0 Å². The summed E-state index contributed by atoms with van der Waals surface area (Å²) in [7, 11) is 0. The van der Waals surface area contributed by atoms with Gasteiger partial charge in [-0.2, -0.15) is 5.10 Å². The van der Waals surface area contributed by atoms with Crippen molar-refractivity contribution in [1.82, 2.24) is 20.1 Å². The minimum atomic E-state index is -0.427. The molecule has 0 spiro atoms. The van der Waals surface area contributed by atoms with Gasteiger partial charge in [-0.1, -0.05) is 12.1 Å². The molecule has 0 saturated heterocycles. The zero-order chi connectivity index (χ0) is 13.8. The van der Waals surface area contributed by atoms with Crippen LogP contribution in [-0.2, 0) is 11.3 Å². The van der Waals surface area contributed by atoms with E-state index >= 15 is 0 Å². The number of aromatic nitrogens is 3. The monoisotopic (exact) mass is 262 g/mol. The quantitative estimate of drug-likeness (QED) is 0.910. The topological polar surface area (TPSA) is 59.8 Å². The van der Waals surface area contributed by atoms with Crippen LogP contribution in [0.25, 0.3) is 0 Å². The van der Waals surface area contributed by atoms with Gasteiger partial charge in [0.25, 0.3) is 0 Å². The van der Waals surface area contributed by atoms with Crippen molar-refractivity contribution in [2.45, 2.75) is 26.4 Å². The average Bonchev–Trinajstić information content (AvgIpc) is 2.93. The lowest BCUT2D eigenvalue weighted by Crippen LogP contribution is -2.30. The Morgan fingerprint density at radius 2 is 2.32 bits per heavy atom. The summed E-state index contributed by atoms with van der Waals surface area (Å²) in [6.07, 6.45) is 2.87. The number of hydrogen-bond acceptors (Lipinski definition) is 3. The number of nitrogens with one attached hydrogen (secondary N) is 1. The lowest BCUT2D eigenvalue weighted by molar-refractivity contribution is -0.124. The van der Waals surface area contributed by atoms with Gasteiger partial charge in [-0.3, -0.25) is 4.79 Å². The van der Waals surface area contributed by atoms with Crippen LogP contribution < -0.4 is 5.32 Å². The normalized spacial score (nSPS) is 12.2. The Morgan fingerprint density at radius 3 is 2.95 bits per heavy atom. The first kappa shape index (κ1) is 13.2. The molecule has 100 valence electrons. The number of aryl methyl sites for hydroxylation is 1. The second kappa shape index (κ2) is 5.60. The Bertz CT molecular complexity index is 568. The Labute approximate surface area is 110 Å². The van der Waals surface area contributed by atoms with Gasteiger partial charge in [-0.25, -0.2) is 14.1 Å². The van der Waals surface area contributed by atoms with E-state index in [2.05, 4.69) is 15.4 Å². The molecular formula is C13H15FN4O. The van der Waals surface area contributed by atoms with Crippen molar-refractivity contribution >= 4 is 5.91 Å². The fraction of sp³-hybridized carbons (Fsp3) is 0.308. The summed E-state index contributed by atoms with van der Waals surface area (Å²) in [5, 5.41) is 6.70. The average molecular weight is 262 g/mol. The molecule has 0 fully saturated rings. The zero-order valence-corrected chi connectivity index (χ0v) is 10.8. The minimum absolute atomic E-state index is 0.160. The van der Waals surface area contributed by atoms with Crippen LogP contribution in [-0.4, -0.2) is 20.7 Å². The summed E-state index contributed by atoms with van der Waals surface area (Å²) in [6.45, 7) is 3.79. The molecule has 0 saturated carbocycles. The maximum atomic E-state index is 13.1. The van der Waals surface area contributed by atoms with E-state index in [0.29, 0.717) is 12.1 Å². The maximum absolute atomic E-state index is 13.1. The molecule has 0 aliphatic heterocycles. The molecule has 0 aliphatic rings. The summed E-state index contributed by atoms with van der Waals surface area (Å²) in [5.41, 5.74) is 1.43. The Balaban J connectivity index is 1.95. The summed E-state index contributed by atoms with van der Waals surface area (Å²) >= 11 is 0. The van der Waals surface area contributed by atoms with Gasteiger partial charge < -0.3 is 5.32 Å². The van der Waals surface area contributed by atoms with E-state index in [4.69, 9.17) is 0 Å². The molecule has 0 bridgehead atoms. The molecule has 1 heterocycles. The summed E-state index contributed by atoms with van der Waals surface area (Å²) in [4.78, 5) is 15.7. The maximum Gasteiger partial charge on any atom is 0.244 e. The van der Waals surface area contributed by atoms with Crippen LogP contribution in [0, 0.1) is 12.7 Å². The van der Waals surface area contributed by atoms with Crippen molar-refractivity contribution < 1.29 is 9.18 Å². The number of rotatable bonds is 4. The molecule has 1 N–H and O–H groups in total. The number of hydrogen-bond donors (Lipinski definition) is 1. The number of carbonyl (C=O) groups excluding carboxylic acids is 1. The van der Waals surface area contributed by atoms with E-state index in [0.717, 1.165) is 5.56 Å². The van der Waals surface area contributed by atoms with Gasteiger partial charge in [0.15, 0.2) is 0 Å². The molecule has 1 aromatic heterocycles. The Kier molecular flexibility index (Phi) is 3.89. The van der Waals surface area contributed by atoms with Crippen LogP contribution in [0.15, 0.2) is 30.9 Å². The van der Waals surface area contributed by atoms with Crippen molar-refractivity contribution in [3.8, 4) is 0 Å². The first-order chi connectivity index (χ1) is 9.08. The van der Waals surface area contributed by atoms with Crippen molar-refractivity contribution in [3.05, 3.63) is 47.8 Å². The number of benzene rings is 1. The molecular weight excluding hydrogens is 247 g/mol. The second-order valence-corrected chi connectivity index (χ2v) is 4.35. The summed E-state index contributed by atoms with van der Waals surface area (Å²) in [5.74, 6) is -0.404. The first-order valence-corrected chi connectivity index (χ1v) is 5.95. The molecule has 2 rings (SSSR count). The predicted molar refractivity (Wildman–Crippen MR) is 67.7 cm³/mol. The van der Waals surface area contributed by atoms with E-state index in [1.165, 1.54) is 23.4 Å². The second-order valence-electron chi connectivity index (χ2n) is 4.35. The molecule has 1 amide bonds. The van der Waals surface area contributed by atoms with Crippen LogP contribution >= 0.6 is 0 Å². The van der Waals surface area contributed by atoms with Gasteiger partial charge in [-0.05, 0) is 31.0 Å². The lowest BCUT2D eigenvalue weighted by Gasteiger charge is -2.12. The van der Waals surface area contributed by atoms with E-state index in [-0.39, 0.29) is 11.7 Å². The SMILES string of the molecule is Cc1cc(CNC(=O)[C@@H](C)n2cncn2)ccc1F. The fourth-order valence-electron chi connectivity index (χ4n) is 1.69. The van der Waals surface area contributed by atoms with Crippen molar-refractivity contribution in [2.75, 3.05) is 0 Å². The van der Waals surface area contributed by atoms with E-state index in [1.54, 1.807) is 26.0 Å². The highest BCUT2D eigenvalue weighted by atomic mass is 19.1. The van der Waals surface area contributed by atoms with Crippen LogP contribution in [0.4, 0.5) is 4.39 Å². The van der Waals surface area contributed by atoms with Gasteiger partial charge in [0.05, 0.1) is 0 Å². The number of nitrogens with zero attached hydrogens (tertiary/aromatic N) is 3. The van der Waals surface area contributed by atoms with Crippen LogP contribution in [0.1, 0.15) is 24.1 Å². The molecule has 6 heteroatoms.